The van der Waals surface area contributed by atoms with E-state index in [2.05, 4.69) is 34.7 Å². The van der Waals surface area contributed by atoms with Gasteiger partial charge >= 0.3 is 6.03 Å². The van der Waals surface area contributed by atoms with Crippen LogP contribution >= 0.6 is 23.1 Å². The molecule has 0 bridgehead atoms. The molecule has 9 heteroatoms. The van der Waals surface area contributed by atoms with Crippen LogP contribution in [-0.4, -0.2) is 41.6 Å². The van der Waals surface area contributed by atoms with Crippen LogP contribution in [0.3, 0.4) is 0 Å². The summed E-state index contributed by atoms with van der Waals surface area (Å²) in [6.07, 6.45) is 0. The minimum atomic E-state index is -0.429. The fourth-order valence-electron chi connectivity index (χ4n) is 2.00. The average Bonchev–Trinajstić information content (AvgIpc) is 3.01. The number of urea groups is 1. The number of anilines is 2. The Kier molecular flexibility index (Phi) is 7.41. The lowest BCUT2D eigenvalue weighted by Gasteiger charge is -2.13. The van der Waals surface area contributed by atoms with E-state index < -0.39 is 6.03 Å². The quantitative estimate of drug-likeness (QED) is 0.493. The van der Waals surface area contributed by atoms with Crippen molar-refractivity contribution < 1.29 is 14.1 Å². The van der Waals surface area contributed by atoms with Gasteiger partial charge in [-0.05, 0) is 38.1 Å². The molecule has 3 N–H and O–H groups in total. The van der Waals surface area contributed by atoms with Crippen molar-refractivity contribution in [2.45, 2.75) is 18.2 Å². The molecule has 1 heterocycles. The van der Waals surface area contributed by atoms with Gasteiger partial charge in [0.2, 0.25) is 5.13 Å². The van der Waals surface area contributed by atoms with Gasteiger partial charge in [-0.15, -0.1) is 10.2 Å². The third-order valence-corrected chi connectivity index (χ3v) is 5.38. The zero-order valence-electron chi connectivity index (χ0n) is 13.6. The molecule has 0 saturated heterocycles. The van der Waals surface area contributed by atoms with Crippen molar-refractivity contribution >= 4 is 39.9 Å². The maximum absolute atomic E-state index is 12.8. The molecule has 0 aliphatic rings. The first-order valence-electron chi connectivity index (χ1n) is 7.74. The van der Waals surface area contributed by atoms with E-state index in [1.54, 1.807) is 16.7 Å². The maximum Gasteiger partial charge on any atom is 0.325 e. The Morgan fingerprint density at radius 3 is 2.58 bits per heavy atom. The van der Waals surface area contributed by atoms with Crippen molar-refractivity contribution in [3.63, 3.8) is 0 Å². The highest BCUT2D eigenvalue weighted by atomic mass is 32.2. The Morgan fingerprint density at radius 2 is 1.92 bits per heavy atom. The van der Waals surface area contributed by atoms with Gasteiger partial charge in [0.15, 0.2) is 4.34 Å². The number of aromatic nitrogens is 2. The molecule has 0 atom stereocenters. The van der Waals surface area contributed by atoms with Crippen LogP contribution in [0, 0.1) is 5.82 Å². The van der Waals surface area contributed by atoms with Crippen molar-refractivity contribution in [1.82, 2.24) is 10.2 Å². The molecule has 2 aromatic rings. The minimum absolute atomic E-state index is 0.349. The van der Waals surface area contributed by atoms with Crippen molar-refractivity contribution in [3.8, 4) is 0 Å². The first-order chi connectivity index (χ1) is 11.6. The summed E-state index contributed by atoms with van der Waals surface area (Å²) in [6.45, 7) is 7.66. The van der Waals surface area contributed by atoms with Gasteiger partial charge in [-0.25, -0.2) is 9.18 Å². The minimum Gasteiger partial charge on any atom is -0.335 e. The van der Waals surface area contributed by atoms with Gasteiger partial charge in [0.25, 0.3) is 0 Å². The molecule has 0 fully saturated rings. The molecular formula is C15H21FN5OS2+. The van der Waals surface area contributed by atoms with Gasteiger partial charge in [-0.3, -0.25) is 5.32 Å². The first kappa shape index (κ1) is 18.6. The number of nitrogens with one attached hydrogen (secondary N) is 3. The molecule has 24 heavy (non-hydrogen) atoms. The second kappa shape index (κ2) is 9.55. The molecular weight excluding hydrogens is 349 g/mol. The fourth-order valence-corrected chi connectivity index (χ4v) is 3.86. The van der Waals surface area contributed by atoms with Crippen molar-refractivity contribution in [1.29, 1.82) is 0 Å². The lowest BCUT2D eigenvalue weighted by Crippen LogP contribution is -3.11. The largest absolute Gasteiger partial charge is 0.335 e. The van der Waals surface area contributed by atoms with Gasteiger partial charge in [0.1, 0.15) is 5.82 Å². The molecule has 0 spiro atoms. The van der Waals surface area contributed by atoms with Crippen LogP contribution in [0.1, 0.15) is 13.8 Å². The fraction of sp³-hybridized carbons (Fsp3) is 0.400. The SMILES string of the molecule is CC[NH+](CC)CCSc1nnc(NC(=O)Nc2ccc(F)cc2)s1. The van der Waals surface area contributed by atoms with Crippen LogP contribution in [0.2, 0.25) is 0 Å². The molecule has 0 unspecified atom stereocenters. The van der Waals surface area contributed by atoms with Crippen molar-refractivity contribution in [3.05, 3.63) is 30.1 Å². The summed E-state index contributed by atoms with van der Waals surface area (Å²) in [5, 5.41) is 13.7. The number of carbonyl (C=O) groups is 1. The summed E-state index contributed by atoms with van der Waals surface area (Å²) in [5.41, 5.74) is 0.509. The monoisotopic (exact) mass is 370 g/mol. The molecule has 1 aromatic carbocycles. The van der Waals surface area contributed by atoms with Crippen LogP contribution in [0.4, 0.5) is 20.0 Å². The van der Waals surface area contributed by atoms with E-state index in [4.69, 9.17) is 0 Å². The number of thioether (sulfide) groups is 1. The summed E-state index contributed by atoms with van der Waals surface area (Å²) in [7, 11) is 0. The normalized spacial score (nSPS) is 10.8. The Labute approximate surface area is 148 Å². The highest BCUT2D eigenvalue weighted by Crippen LogP contribution is 2.25. The Balaban J connectivity index is 1.78. The van der Waals surface area contributed by atoms with E-state index in [0.717, 1.165) is 29.7 Å². The van der Waals surface area contributed by atoms with E-state index in [-0.39, 0.29) is 5.82 Å². The van der Waals surface area contributed by atoms with Crippen molar-refractivity contribution in [2.24, 2.45) is 0 Å². The van der Waals surface area contributed by atoms with Gasteiger partial charge in [0, 0.05) is 11.4 Å². The number of halogens is 1. The van der Waals surface area contributed by atoms with Gasteiger partial charge in [-0.2, -0.15) is 0 Å². The number of nitrogens with zero attached hydrogens (tertiary/aromatic N) is 2. The first-order valence-corrected chi connectivity index (χ1v) is 9.54. The number of carbonyl (C=O) groups excluding carboxylic acids is 1. The summed E-state index contributed by atoms with van der Waals surface area (Å²) in [4.78, 5) is 13.4. The molecule has 0 aliphatic carbocycles. The predicted octanol–water partition coefficient (Wildman–Crippen LogP) is 2.34. The predicted molar refractivity (Wildman–Crippen MR) is 96.6 cm³/mol. The molecule has 0 aliphatic heterocycles. The number of rotatable bonds is 8. The topological polar surface area (TPSA) is 71.3 Å². The highest BCUT2D eigenvalue weighted by molar-refractivity contribution is 8.01. The molecule has 2 amide bonds. The van der Waals surface area contributed by atoms with Crippen LogP contribution < -0.4 is 15.5 Å². The second-order valence-electron chi connectivity index (χ2n) is 5.01. The third kappa shape index (κ3) is 6.06. The van der Waals surface area contributed by atoms with Gasteiger partial charge in [0.05, 0.1) is 19.6 Å². The number of hydrogen-bond donors (Lipinski definition) is 3. The smallest absolute Gasteiger partial charge is 0.325 e. The average molecular weight is 370 g/mol. The number of amides is 2. The third-order valence-electron chi connectivity index (χ3n) is 3.41. The summed E-state index contributed by atoms with van der Waals surface area (Å²) in [5.74, 6) is 0.617. The maximum atomic E-state index is 12.8. The molecule has 0 radical (unpaired) electrons. The van der Waals surface area contributed by atoms with E-state index in [1.165, 1.54) is 35.6 Å². The Morgan fingerprint density at radius 1 is 1.21 bits per heavy atom. The summed E-state index contributed by atoms with van der Waals surface area (Å²) in [6, 6.07) is 5.12. The van der Waals surface area contributed by atoms with Gasteiger partial charge in [-0.1, -0.05) is 23.1 Å². The molecule has 1 aromatic heterocycles. The number of quaternary nitrogens is 1. The van der Waals surface area contributed by atoms with Crippen LogP contribution in [0.25, 0.3) is 0 Å². The molecule has 0 saturated carbocycles. The van der Waals surface area contributed by atoms with E-state index in [9.17, 15) is 9.18 Å². The highest BCUT2D eigenvalue weighted by Gasteiger charge is 2.10. The van der Waals surface area contributed by atoms with Crippen LogP contribution in [0.15, 0.2) is 28.6 Å². The molecule has 2 rings (SSSR count). The van der Waals surface area contributed by atoms with Crippen molar-refractivity contribution in [2.75, 3.05) is 36.0 Å². The summed E-state index contributed by atoms with van der Waals surface area (Å²) >= 11 is 2.98. The Bertz CT molecular complexity index is 646. The lowest BCUT2D eigenvalue weighted by molar-refractivity contribution is -0.893. The van der Waals surface area contributed by atoms with E-state index >= 15 is 0 Å². The number of benzene rings is 1. The zero-order valence-corrected chi connectivity index (χ0v) is 15.3. The van der Waals surface area contributed by atoms with E-state index in [1.807, 2.05) is 0 Å². The Hall–Kier alpha value is -1.71. The summed E-state index contributed by atoms with van der Waals surface area (Å²) < 4.78 is 13.7. The molecule has 6 nitrogen and oxygen atoms in total. The zero-order chi connectivity index (χ0) is 17.4. The van der Waals surface area contributed by atoms with Crippen LogP contribution in [0.5, 0.6) is 0 Å². The lowest BCUT2D eigenvalue weighted by atomic mass is 10.3. The standard InChI is InChI=1S/C15H20FN5OS2/c1-3-21(4-2)9-10-23-15-20-19-14(24-15)18-13(22)17-12-7-5-11(16)6-8-12/h5-8H,3-4,9-10H2,1-2H3,(H2,17,18,19,22)/p+1. The number of hydrogen-bond acceptors (Lipinski definition) is 5. The van der Waals surface area contributed by atoms with Crippen LogP contribution in [-0.2, 0) is 0 Å². The molecule has 130 valence electrons. The second-order valence-corrected chi connectivity index (χ2v) is 7.33. The van der Waals surface area contributed by atoms with Gasteiger partial charge < -0.3 is 10.2 Å². The van der Waals surface area contributed by atoms with E-state index in [0.29, 0.717) is 10.8 Å².